The summed E-state index contributed by atoms with van der Waals surface area (Å²) < 4.78 is 5.06. The highest BCUT2D eigenvalue weighted by atomic mass is 16.5. The maximum atomic E-state index is 10.3. The van der Waals surface area contributed by atoms with Gasteiger partial charge >= 0.3 is 5.97 Å². The number of carbonyl (C=O) groups is 1. The van der Waals surface area contributed by atoms with Gasteiger partial charge in [0.15, 0.2) is 6.61 Å². The molecule has 0 aromatic heterocycles. The summed E-state index contributed by atoms with van der Waals surface area (Å²) in [5.74, 6) is -0.422. The van der Waals surface area contributed by atoms with Gasteiger partial charge in [0, 0.05) is 6.07 Å². The molecule has 1 aliphatic rings. The molecule has 0 saturated heterocycles. The summed E-state index contributed by atoms with van der Waals surface area (Å²) >= 11 is 0. The van der Waals surface area contributed by atoms with E-state index < -0.39 is 5.97 Å². The van der Waals surface area contributed by atoms with Crippen LogP contribution >= 0.6 is 0 Å². The van der Waals surface area contributed by atoms with Gasteiger partial charge in [-0.3, -0.25) is 0 Å². The lowest BCUT2D eigenvalue weighted by atomic mass is 10.2. The van der Waals surface area contributed by atoms with Crippen molar-refractivity contribution in [2.75, 3.05) is 17.2 Å². The molecule has 1 heterocycles. The number of hydrogen-bond donors (Lipinski definition) is 3. The van der Waals surface area contributed by atoms with Gasteiger partial charge in [-0.25, -0.2) is 4.79 Å². The molecule has 0 radical (unpaired) electrons. The molecular weight excluding hydrogens is 196 g/mol. The largest absolute Gasteiger partial charge is 0.482 e. The van der Waals surface area contributed by atoms with E-state index in [9.17, 15) is 4.79 Å². The summed E-state index contributed by atoms with van der Waals surface area (Å²) in [5, 5.41) is 14.9. The number of hydrogen-bond acceptors (Lipinski definition) is 4. The van der Waals surface area contributed by atoms with Crippen LogP contribution in [-0.4, -0.2) is 23.8 Å². The lowest BCUT2D eigenvalue weighted by Gasteiger charge is -2.05. The van der Waals surface area contributed by atoms with Crippen LogP contribution in [0.25, 0.3) is 0 Å². The van der Waals surface area contributed by atoms with E-state index in [2.05, 4.69) is 10.6 Å². The topological polar surface area (TPSA) is 70.6 Å². The van der Waals surface area contributed by atoms with Gasteiger partial charge in [0.2, 0.25) is 0 Å². The Labute approximate surface area is 87.1 Å². The van der Waals surface area contributed by atoms with E-state index in [1.54, 1.807) is 12.1 Å². The monoisotopic (exact) mass is 208 g/mol. The third kappa shape index (κ3) is 2.12. The zero-order valence-electron chi connectivity index (χ0n) is 8.28. The molecule has 5 heteroatoms. The summed E-state index contributed by atoms with van der Waals surface area (Å²) in [4.78, 5) is 10.3. The fourth-order valence-corrected chi connectivity index (χ4v) is 1.51. The molecule has 0 amide bonds. The molecule has 1 aliphatic heterocycles. The van der Waals surface area contributed by atoms with Gasteiger partial charge in [-0.2, -0.15) is 0 Å². The third-order valence-corrected chi connectivity index (χ3v) is 2.10. The van der Waals surface area contributed by atoms with Gasteiger partial charge in [0.1, 0.15) is 5.75 Å². The van der Waals surface area contributed by atoms with Crippen molar-refractivity contribution in [3.05, 3.63) is 18.2 Å². The minimum absolute atomic E-state index is 0.190. The highest BCUT2D eigenvalue weighted by Crippen LogP contribution is 2.32. The van der Waals surface area contributed by atoms with Gasteiger partial charge < -0.3 is 20.5 Å². The lowest BCUT2D eigenvalue weighted by molar-refractivity contribution is -0.139. The molecule has 5 nitrogen and oxygen atoms in total. The Morgan fingerprint density at radius 1 is 1.47 bits per heavy atom. The number of fused-ring (bicyclic) bond motifs is 1. The van der Waals surface area contributed by atoms with E-state index in [1.165, 1.54) is 0 Å². The van der Waals surface area contributed by atoms with Crippen molar-refractivity contribution in [1.82, 2.24) is 0 Å². The van der Waals surface area contributed by atoms with Crippen molar-refractivity contribution in [2.45, 2.75) is 13.1 Å². The number of benzene rings is 1. The first kappa shape index (κ1) is 9.64. The van der Waals surface area contributed by atoms with E-state index >= 15 is 0 Å². The Morgan fingerprint density at radius 3 is 2.93 bits per heavy atom. The highest BCUT2D eigenvalue weighted by Gasteiger charge is 2.15. The average Bonchev–Trinajstić information content (AvgIpc) is 2.53. The second-order valence-electron chi connectivity index (χ2n) is 3.40. The zero-order valence-corrected chi connectivity index (χ0v) is 8.28. The predicted molar refractivity (Wildman–Crippen MR) is 56.3 cm³/mol. The predicted octanol–water partition coefficient (Wildman–Crippen LogP) is 1.33. The molecular formula is C10H12N2O3. The number of carboxylic acid groups (broad SMARTS) is 1. The zero-order chi connectivity index (χ0) is 10.8. The van der Waals surface area contributed by atoms with Crippen LogP contribution in [0.15, 0.2) is 18.2 Å². The van der Waals surface area contributed by atoms with E-state index in [0.717, 1.165) is 11.4 Å². The molecule has 1 atom stereocenters. The van der Waals surface area contributed by atoms with Crippen molar-refractivity contribution in [1.29, 1.82) is 0 Å². The minimum Gasteiger partial charge on any atom is -0.482 e. The van der Waals surface area contributed by atoms with Crippen LogP contribution < -0.4 is 15.4 Å². The van der Waals surface area contributed by atoms with Crippen LogP contribution in [0.4, 0.5) is 11.4 Å². The van der Waals surface area contributed by atoms with Crippen LogP contribution in [-0.2, 0) is 4.79 Å². The molecule has 15 heavy (non-hydrogen) atoms. The number of nitrogens with one attached hydrogen (secondary N) is 2. The Hall–Kier alpha value is -1.91. The SMILES string of the molecule is CC1Nc2ccc(OCC(=O)O)cc2N1. The Kier molecular flexibility index (Phi) is 2.37. The fourth-order valence-electron chi connectivity index (χ4n) is 1.51. The molecule has 2 rings (SSSR count). The first-order valence-corrected chi connectivity index (χ1v) is 4.67. The quantitative estimate of drug-likeness (QED) is 0.699. The first-order valence-electron chi connectivity index (χ1n) is 4.67. The molecule has 80 valence electrons. The Bertz CT molecular complexity index is 392. The maximum Gasteiger partial charge on any atom is 0.341 e. The second-order valence-corrected chi connectivity index (χ2v) is 3.40. The summed E-state index contributed by atoms with van der Waals surface area (Å²) in [6, 6.07) is 5.40. The van der Waals surface area contributed by atoms with Crippen LogP contribution in [0, 0.1) is 0 Å². The molecule has 0 saturated carbocycles. The second kappa shape index (κ2) is 3.68. The standard InChI is InChI=1S/C10H12N2O3/c1-6-11-8-3-2-7(4-9(8)12-6)15-5-10(13)14/h2-4,6,11-12H,5H2,1H3,(H,13,14). The molecule has 0 bridgehead atoms. The van der Waals surface area contributed by atoms with Crippen LogP contribution in [0.1, 0.15) is 6.92 Å². The van der Waals surface area contributed by atoms with Crippen molar-refractivity contribution in [3.63, 3.8) is 0 Å². The van der Waals surface area contributed by atoms with Crippen LogP contribution in [0.3, 0.4) is 0 Å². The van der Waals surface area contributed by atoms with Crippen molar-refractivity contribution in [2.24, 2.45) is 0 Å². The molecule has 1 aromatic rings. The van der Waals surface area contributed by atoms with Gasteiger partial charge in [-0.15, -0.1) is 0 Å². The van der Waals surface area contributed by atoms with Crippen LogP contribution in [0.2, 0.25) is 0 Å². The number of aliphatic carboxylic acids is 1. The van der Waals surface area contributed by atoms with E-state index in [4.69, 9.17) is 9.84 Å². The molecule has 0 aliphatic carbocycles. The van der Waals surface area contributed by atoms with E-state index in [1.807, 2.05) is 13.0 Å². The summed E-state index contributed by atoms with van der Waals surface area (Å²) in [6.45, 7) is 1.68. The smallest absolute Gasteiger partial charge is 0.341 e. The fraction of sp³-hybridized carbons (Fsp3) is 0.300. The number of anilines is 2. The highest BCUT2D eigenvalue weighted by molar-refractivity contribution is 5.76. The number of carboxylic acids is 1. The summed E-state index contributed by atoms with van der Waals surface area (Å²) in [5.41, 5.74) is 1.94. The molecule has 3 N–H and O–H groups in total. The number of rotatable bonds is 3. The van der Waals surface area contributed by atoms with Gasteiger partial charge in [-0.1, -0.05) is 0 Å². The van der Waals surface area contributed by atoms with Gasteiger partial charge in [-0.05, 0) is 19.1 Å². The molecule has 0 fully saturated rings. The normalized spacial score (nSPS) is 17.5. The molecule has 1 unspecified atom stereocenters. The lowest BCUT2D eigenvalue weighted by Crippen LogP contribution is -2.16. The van der Waals surface area contributed by atoms with Gasteiger partial charge in [0.05, 0.1) is 17.5 Å². The van der Waals surface area contributed by atoms with Crippen molar-refractivity contribution < 1.29 is 14.6 Å². The van der Waals surface area contributed by atoms with Crippen molar-refractivity contribution >= 4 is 17.3 Å². The molecule has 0 spiro atoms. The van der Waals surface area contributed by atoms with Gasteiger partial charge in [0.25, 0.3) is 0 Å². The van der Waals surface area contributed by atoms with Crippen molar-refractivity contribution in [3.8, 4) is 5.75 Å². The molecule has 1 aromatic carbocycles. The Balaban J connectivity index is 2.09. The average molecular weight is 208 g/mol. The van der Waals surface area contributed by atoms with E-state index in [0.29, 0.717) is 5.75 Å². The summed E-state index contributed by atoms with van der Waals surface area (Å²) in [6.07, 6.45) is 0.190. The summed E-state index contributed by atoms with van der Waals surface area (Å²) in [7, 11) is 0. The minimum atomic E-state index is -0.977. The number of ether oxygens (including phenoxy) is 1. The third-order valence-electron chi connectivity index (χ3n) is 2.10. The van der Waals surface area contributed by atoms with E-state index in [-0.39, 0.29) is 12.8 Å². The maximum absolute atomic E-state index is 10.3. The van der Waals surface area contributed by atoms with Crippen LogP contribution in [0.5, 0.6) is 5.75 Å². The Morgan fingerprint density at radius 2 is 2.20 bits per heavy atom. The first-order chi connectivity index (χ1) is 7.15.